The number of aromatic nitrogens is 2. The first-order valence-corrected chi connectivity index (χ1v) is 3.48. The molecule has 1 aromatic rings. The number of carboxylic acids is 1. The quantitative estimate of drug-likeness (QED) is 0.554. The van der Waals surface area contributed by atoms with E-state index in [0.717, 1.165) is 0 Å². The summed E-state index contributed by atoms with van der Waals surface area (Å²) < 4.78 is 0. The third kappa shape index (κ3) is 2.20. The van der Waals surface area contributed by atoms with Crippen molar-refractivity contribution in [3.63, 3.8) is 0 Å². The highest BCUT2D eigenvalue weighted by Crippen LogP contribution is 2.12. The lowest BCUT2D eigenvalue weighted by Crippen LogP contribution is -2.28. The molecule has 0 saturated heterocycles. The van der Waals surface area contributed by atoms with Crippen LogP contribution in [0.1, 0.15) is 11.8 Å². The van der Waals surface area contributed by atoms with E-state index < -0.39 is 18.2 Å². The zero-order valence-electron chi connectivity index (χ0n) is 6.53. The summed E-state index contributed by atoms with van der Waals surface area (Å²) in [4.78, 5) is 17.5. The van der Waals surface area contributed by atoms with Gasteiger partial charge in [-0.2, -0.15) is 0 Å². The third-order valence-electron chi connectivity index (χ3n) is 1.44. The minimum Gasteiger partial charge on any atom is -0.479 e. The molecule has 0 bridgehead atoms. The molecular weight excluding hydrogens is 176 g/mol. The van der Waals surface area contributed by atoms with Crippen molar-refractivity contribution in [2.45, 2.75) is 12.2 Å². The molecule has 2 unspecified atom stereocenters. The molecule has 1 heterocycles. The maximum absolute atomic E-state index is 10.3. The molecule has 0 aliphatic heterocycles. The lowest BCUT2D eigenvalue weighted by Gasteiger charge is -2.11. The van der Waals surface area contributed by atoms with Gasteiger partial charge in [0.05, 0.1) is 11.9 Å². The highest BCUT2D eigenvalue weighted by molar-refractivity contribution is 5.72. The number of aliphatic hydroxyl groups is 2. The van der Waals surface area contributed by atoms with Gasteiger partial charge < -0.3 is 15.3 Å². The van der Waals surface area contributed by atoms with Crippen LogP contribution in [-0.4, -0.2) is 37.4 Å². The van der Waals surface area contributed by atoms with Crippen molar-refractivity contribution in [1.82, 2.24) is 9.97 Å². The van der Waals surface area contributed by atoms with Gasteiger partial charge in [-0.15, -0.1) is 0 Å². The first kappa shape index (κ1) is 9.56. The second kappa shape index (κ2) is 3.92. The van der Waals surface area contributed by atoms with Crippen molar-refractivity contribution < 1.29 is 20.1 Å². The number of aliphatic carboxylic acids is 1. The molecule has 2 atom stereocenters. The van der Waals surface area contributed by atoms with Gasteiger partial charge in [0.2, 0.25) is 0 Å². The topological polar surface area (TPSA) is 104 Å². The largest absolute Gasteiger partial charge is 0.479 e. The Balaban J connectivity index is 2.79. The van der Waals surface area contributed by atoms with Crippen molar-refractivity contribution in [3.8, 4) is 0 Å². The minimum absolute atomic E-state index is 0.0254. The monoisotopic (exact) mass is 184 g/mol. The van der Waals surface area contributed by atoms with Gasteiger partial charge in [-0.3, -0.25) is 9.97 Å². The van der Waals surface area contributed by atoms with Crippen LogP contribution in [0.5, 0.6) is 0 Å². The number of carbonyl (C=O) groups is 1. The van der Waals surface area contributed by atoms with E-state index in [0.29, 0.717) is 0 Å². The average molecular weight is 184 g/mol. The van der Waals surface area contributed by atoms with Crippen LogP contribution in [0.4, 0.5) is 0 Å². The Kier molecular flexibility index (Phi) is 2.88. The van der Waals surface area contributed by atoms with Crippen molar-refractivity contribution in [1.29, 1.82) is 0 Å². The van der Waals surface area contributed by atoms with Gasteiger partial charge in [-0.05, 0) is 0 Å². The molecular formula is C7H8N2O4. The predicted molar refractivity (Wildman–Crippen MR) is 40.6 cm³/mol. The van der Waals surface area contributed by atoms with Gasteiger partial charge >= 0.3 is 5.97 Å². The molecule has 1 aromatic heterocycles. The zero-order chi connectivity index (χ0) is 9.84. The molecule has 0 saturated carbocycles. The number of carboxylic acid groups (broad SMARTS) is 1. The van der Waals surface area contributed by atoms with Gasteiger partial charge in [-0.25, -0.2) is 4.79 Å². The first-order chi connectivity index (χ1) is 6.13. The van der Waals surface area contributed by atoms with Crippen LogP contribution >= 0.6 is 0 Å². The summed E-state index contributed by atoms with van der Waals surface area (Å²) in [5.41, 5.74) is 0.0254. The highest BCUT2D eigenvalue weighted by atomic mass is 16.4. The van der Waals surface area contributed by atoms with E-state index in [2.05, 4.69) is 9.97 Å². The second-order valence-corrected chi connectivity index (χ2v) is 2.36. The molecule has 0 spiro atoms. The summed E-state index contributed by atoms with van der Waals surface area (Å²) in [7, 11) is 0. The van der Waals surface area contributed by atoms with Gasteiger partial charge in [-0.1, -0.05) is 0 Å². The molecule has 13 heavy (non-hydrogen) atoms. The Labute approximate surface area is 73.5 Å². The SMILES string of the molecule is O=C(O)C(O)C(O)c1cnccn1. The van der Waals surface area contributed by atoms with Crippen molar-refractivity contribution in [3.05, 3.63) is 24.3 Å². The summed E-state index contributed by atoms with van der Waals surface area (Å²) >= 11 is 0. The van der Waals surface area contributed by atoms with Crippen LogP contribution in [0.25, 0.3) is 0 Å². The van der Waals surface area contributed by atoms with E-state index in [9.17, 15) is 9.90 Å². The second-order valence-electron chi connectivity index (χ2n) is 2.36. The molecule has 1 rings (SSSR count). The van der Waals surface area contributed by atoms with E-state index >= 15 is 0 Å². The highest BCUT2D eigenvalue weighted by Gasteiger charge is 2.25. The lowest BCUT2D eigenvalue weighted by molar-refractivity contribution is -0.153. The van der Waals surface area contributed by atoms with E-state index in [4.69, 9.17) is 10.2 Å². The fourth-order valence-electron chi connectivity index (χ4n) is 0.760. The van der Waals surface area contributed by atoms with Gasteiger partial charge in [0, 0.05) is 12.4 Å². The Morgan fingerprint density at radius 1 is 1.38 bits per heavy atom. The summed E-state index contributed by atoms with van der Waals surface area (Å²) in [5.74, 6) is -1.50. The smallest absolute Gasteiger partial charge is 0.335 e. The summed E-state index contributed by atoms with van der Waals surface area (Å²) in [6.45, 7) is 0. The Morgan fingerprint density at radius 2 is 2.08 bits per heavy atom. The van der Waals surface area contributed by atoms with Crippen LogP contribution in [0.15, 0.2) is 18.6 Å². The van der Waals surface area contributed by atoms with E-state index in [1.807, 2.05) is 0 Å². The normalized spacial score (nSPS) is 14.9. The number of aliphatic hydroxyl groups excluding tert-OH is 2. The molecule has 6 nitrogen and oxygen atoms in total. The van der Waals surface area contributed by atoms with E-state index in [1.54, 1.807) is 0 Å². The third-order valence-corrected chi connectivity index (χ3v) is 1.44. The molecule has 70 valence electrons. The summed E-state index contributed by atoms with van der Waals surface area (Å²) in [6, 6.07) is 0. The molecule has 0 aromatic carbocycles. The van der Waals surface area contributed by atoms with Crippen molar-refractivity contribution >= 4 is 5.97 Å². The standard InChI is InChI=1S/C7H8N2O4/c10-5(6(11)7(12)13)4-3-8-1-2-9-4/h1-3,5-6,10-11H,(H,12,13). The first-order valence-electron chi connectivity index (χ1n) is 3.48. The van der Waals surface area contributed by atoms with Crippen LogP contribution in [0.3, 0.4) is 0 Å². The Morgan fingerprint density at radius 3 is 2.54 bits per heavy atom. The Bertz CT molecular complexity index is 290. The molecule has 6 heteroatoms. The lowest BCUT2D eigenvalue weighted by atomic mass is 10.1. The molecule has 0 aliphatic carbocycles. The zero-order valence-corrected chi connectivity index (χ0v) is 6.53. The van der Waals surface area contributed by atoms with Gasteiger partial charge in [0.1, 0.15) is 6.10 Å². The predicted octanol–water partition coefficient (Wildman–Crippen LogP) is -1.04. The van der Waals surface area contributed by atoms with E-state index in [1.165, 1.54) is 18.6 Å². The number of hydrogen-bond donors (Lipinski definition) is 3. The molecule has 0 amide bonds. The maximum Gasteiger partial charge on any atom is 0.335 e. The molecule has 0 fully saturated rings. The maximum atomic E-state index is 10.3. The Hall–Kier alpha value is -1.53. The average Bonchev–Trinajstić information content (AvgIpc) is 2.17. The number of rotatable bonds is 3. The molecule has 0 radical (unpaired) electrons. The van der Waals surface area contributed by atoms with Crippen molar-refractivity contribution in [2.24, 2.45) is 0 Å². The van der Waals surface area contributed by atoms with Crippen molar-refractivity contribution in [2.75, 3.05) is 0 Å². The van der Waals surface area contributed by atoms with Crippen LogP contribution in [0.2, 0.25) is 0 Å². The fourth-order valence-corrected chi connectivity index (χ4v) is 0.760. The van der Waals surface area contributed by atoms with Crippen LogP contribution < -0.4 is 0 Å². The van der Waals surface area contributed by atoms with E-state index in [-0.39, 0.29) is 5.69 Å². The number of hydrogen-bond acceptors (Lipinski definition) is 5. The number of nitrogens with zero attached hydrogens (tertiary/aromatic N) is 2. The minimum atomic E-state index is -1.88. The van der Waals surface area contributed by atoms with Crippen LogP contribution in [0, 0.1) is 0 Å². The summed E-state index contributed by atoms with van der Waals surface area (Å²) in [5, 5.41) is 26.5. The summed E-state index contributed by atoms with van der Waals surface area (Å²) in [6.07, 6.45) is 0.441. The molecule has 3 N–H and O–H groups in total. The fraction of sp³-hybridized carbons (Fsp3) is 0.286. The van der Waals surface area contributed by atoms with Gasteiger partial charge in [0.25, 0.3) is 0 Å². The molecule has 0 aliphatic rings. The van der Waals surface area contributed by atoms with Gasteiger partial charge in [0.15, 0.2) is 6.10 Å². The van der Waals surface area contributed by atoms with Crippen LogP contribution in [-0.2, 0) is 4.79 Å².